The molecule has 5 fully saturated rings. The van der Waals surface area contributed by atoms with Gasteiger partial charge < -0.3 is 14.4 Å². The zero-order valence-electron chi connectivity index (χ0n) is 18.1. The lowest BCUT2D eigenvalue weighted by atomic mass is 9.62. The molecule has 1 aromatic carbocycles. The average molecular weight is 411 g/mol. The molecule has 5 aliphatic heterocycles. The van der Waals surface area contributed by atoms with Crippen molar-refractivity contribution in [2.24, 2.45) is 17.8 Å². The lowest BCUT2D eigenvalue weighted by molar-refractivity contribution is -0.228. The second-order valence-corrected chi connectivity index (χ2v) is 9.98. The Morgan fingerprint density at radius 3 is 2.57 bits per heavy atom. The maximum Gasteiger partial charge on any atom is 0.304 e. The second kappa shape index (κ2) is 6.00. The number of ether oxygens (including phenoxy) is 2. The third-order valence-corrected chi connectivity index (χ3v) is 8.98. The highest BCUT2D eigenvalue weighted by Gasteiger charge is 2.78. The number of hydrogen-bond acceptors (Lipinski definition) is 6. The number of anilines is 1. The number of fused-ring (bicyclic) bond motifs is 2. The van der Waals surface area contributed by atoms with Crippen LogP contribution in [0.1, 0.15) is 45.6 Å². The summed E-state index contributed by atoms with van der Waals surface area (Å²) in [6.45, 7) is 5.26. The van der Waals surface area contributed by atoms with Crippen LogP contribution in [0.5, 0.6) is 0 Å². The fourth-order valence-electron chi connectivity index (χ4n) is 8.49. The fraction of sp³-hybridized carbons (Fsp3) is 0.667. The molecule has 6 heteroatoms. The molecule has 0 N–H and O–H groups in total. The molecule has 5 heterocycles. The van der Waals surface area contributed by atoms with Crippen LogP contribution in [0.3, 0.4) is 0 Å². The topological polar surface area (TPSA) is 59.1 Å². The molecule has 6 aliphatic rings. The van der Waals surface area contributed by atoms with Crippen molar-refractivity contribution in [3.63, 3.8) is 0 Å². The largest absolute Gasteiger partial charge is 0.461 e. The molecule has 5 bridgehead atoms. The van der Waals surface area contributed by atoms with E-state index in [0.717, 1.165) is 19.3 Å². The van der Waals surface area contributed by atoms with Gasteiger partial charge in [-0.05, 0) is 36.8 Å². The highest BCUT2D eigenvalue weighted by Crippen LogP contribution is 2.69. The van der Waals surface area contributed by atoms with Crippen molar-refractivity contribution in [3.05, 3.63) is 29.8 Å². The molecule has 0 aromatic heterocycles. The van der Waals surface area contributed by atoms with Crippen molar-refractivity contribution in [2.45, 2.75) is 75.9 Å². The Hall–Kier alpha value is -2.08. The zero-order chi connectivity index (χ0) is 20.9. The molecule has 30 heavy (non-hydrogen) atoms. The van der Waals surface area contributed by atoms with E-state index in [-0.39, 0.29) is 35.7 Å². The van der Waals surface area contributed by atoms with Crippen molar-refractivity contribution in [3.8, 4) is 0 Å². The molecular formula is C24H30N2O4. The summed E-state index contributed by atoms with van der Waals surface area (Å²) in [7, 11) is 2.18. The van der Waals surface area contributed by atoms with Gasteiger partial charge >= 0.3 is 11.9 Å². The van der Waals surface area contributed by atoms with Gasteiger partial charge in [-0.25, -0.2) is 0 Å². The third-order valence-electron chi connectivity index (χ3n) is 8.98. The quantitative estimate of drug-likeness (QED) is 0.714. The summed E-state index contributed by atoms with van der Waals surface area (Å²) >= 11 is 0. The molecule has 1 aliphatic carbocycles. The molecule has 0 amide bonds. The van der Waals surface area contributed by atoms with Crippen LogP contribution in [-0.4, -0.2) is 54.3 Å². The van der Waals surface area contributed by atoms with E-state index in [0.29, 0.717) is 29.8 Å². The Balaban J connectivity index is 1.56. The number of benzene rings is 1. The van der Waals surface area contributed by atoms with Crippen LogP contribution in [0.15, 0.2) is 24.3 Å². The number of piperidine rings is 4. The lowest BCUT2D eigenvalue weighted by Gasteiger charge is -2.62. The summed E-state index contributed by atoms with van der Waals surface area (Å²) < 4.78 is 12.2. The molecule has 1 aromatic rings. The fourth-order valence-corrected chi connectivity index (χ4v) is 8.49. The third kappa shape index (κ3) is 1.99. The van der Waals surface area contributed by atoms with E-state index in [1.807, 2.05) is 0 Å². The van der Waals surface area contributed by atoms with Gasteiger partial charge in [-0.15, -0.1) is 0 Å². The van der Waals surface area contributed by atoms with Gasteiger partial charge in [0.15, 0.2) is 6.23 Å². The maximum atomic E-state index is 12.3. The number of para-hydroxylation sites is 1. The zero-order valence-corrected chi connectivity index (χ0v) is 18.1. The first kappa shape index (κ1) is 18.7. The van der Waals surface area contributed by atoms with Crippen LogP contribution < -0.4 is 4.90 Å². The van der Waals surface area contributed by atoms with Crippen LogP contribution in [0.2, 0.25) is 0 Å². The van der Waals surface area contributed by atoms with Gasteiger partial charge in [0, 0.05) is 50.5 Å². The predicted octanol–water partition coefficient (Wildman–Crippen LogP) is 2.70. The maximum absolute atomic E-state index is 12.3. The summed E-state index contributed by atoms with van der Waals surface area (Å²) in [5, 5.41) is 0. The Bertz CT molecular complexity index is 934. The van der Waals surface area contributed by atoms with Crippen molar-refractivity contribution >= 4 is 17.6 Å². The van der Waals surface area contributed by atoms with Crippen molar-refractivity contribution < 1.29 is 19.1 Å². The number of rotatable bonds is 3. The average Bonchev–Trinajstić information content (AvgIpc) is 3.10. The van der Waals surface area contributed by atoms with Gasteiger partial charge in [-0.3, -0.25) is 14.5 Å². The van der Waals surface area contributed by atoms with E-state index < -0.39 is 0 Å². The Morgan fingerprint density at radius 1 is 1.13 bits per heavy atom. The van der Waals surface area contributed by atoms with Crippen molar-refractivity contribution in [1.82, 2.24) is 4.90 Å². The standard InChI is InChI=1S/C24H30N2O4/c1-5-14-15-10-18-21-24(16-8-6-7-9-17(16)25(21)4)11-19(20(15)22(24)29-12(2)27)26(18)23(14)30-13(3)28/h6-9,14-15,18-23H,5,10-11H2,1-4H3/t14-,15-,18-,19-,20-,21-,22+,23-,24+/m0/s1. The minimum atomic E-state index is -0.203. The predicted molar refractivity (Wildman–Crippen MR) is 111 cm³/mol. The van der Waals surface area contributed by atoms with Gasteiger partial charge in [-0.1, -0.05) is 25.1 Å². The number of likely N-dealkylation sites (N-methyl/N-ethyl adjacent to an activating group) is 1. The normalized spacial score (nSPS) is 46.5. The first-order chi connectivity index (χ1) is 14.4. The van der Waals surface area contributed by atoms with Crippen molar-refractivity contribution in [2.75, 3.05) is 11.9 Å². The first-order valence-corrected chi connectivity index (χ1v) is 11.3. The second-order valence-electron chi connectivity index (χ2n) is 9.98. The minimum Gasteiger partial charge on any atom is -0.461 e. The minimum absolute atomic E-state index is 0.122. The summed E-state index contributed by atoms with van der Waals surface area (Å²) in [6, 6.07) is 9.46. The molecule has 4 saturated heterocycles. The molecule has 6 nitrogen and oxygen atoms in total. The number of carbonyl (C=O) groups is 2. The number of hydrogen-bond donors (Lipinski definition) is 0. The van der Waals surface area contributed by atoms with E-state index in [9.17, 15) is 9.59 Å². The Morgan fingerprint density at radius 2 is 1.87 bits per heavy atom. The van der Waals surface area contributed by atoms with Crippen LogP contribution in [0, 0.1) is 17.8 Å². The van der Waals surface area contributed by atoms with E-state index >= 15 is 0 Å². The van der Waals surface area contributed by atoms with Crippen LogP contribution in [-0.2, 0) is 24.5 Å². The Kier molecular flexibility index (Phi) is 3.73. The summed E-state index contributed by atoms with van der Waals surface area (Å²) in [5.41, 5.74) is 2.41. The Labute approximate surface area is 177 Å². The molecule has 160 valence electrons. The molecular weight excluding hydrogens is 380 g/mol. The molecule has 1 spiro atoms. The smallest absolute Gasteiger partial charge is 0.304 e. The number of esters is 2. The number of carbonyl (C=O) groups excluding carboxylic acids is 2. The monoisotopic (exact) mass is 410 g/mol. The van der Waals surface area contributed by atoms with Crippen LogP contribution in [0.4, 0.5) is 5.69 Å². The van der Waals surface area contributed by atoms with Gasteiger partial charge in [0.25, 0.3) is 0 Å². The molecule has 0 radical (unpaired) electrons. The summed E-state index contributed by atoms with van der Waals surface area (Å²) in [4.78, 5) is 29.2. The van der Waals surface area contributed by atoms with Crippen LogP contribution >= 0.6 is 0 Å². The molecule has 10 atom stereocenters. The van der Waals surface area contributed by atoms with Gasteiger partial charge in [0.05, 0.1) is 11.5 Å². The van der Waals surface area contributed by atoms with Crippen LogP contribution in [0.25, 0.3) is 0 Å². The van der Waals surface area contributed by atoms with E-state index in [2.05, 4.69) is 48.0 Å². The molecule has 1 unspecified atom stereocenters. The van der Waals surface area contributed by atoms with E-state index in [1.165, 1.54) is 18.2 Å². The van der Waals surface area contributed by atoms with Gasteiger partial charge in [0.1, 0.15) is 6.10 Å². The number of nitrogens with zero attached hydrogens (tertiary/aromatic N) is 2. The summed E-state index contributed by atoms with van der Waals surface area (Å²) in [5.74, 6) is 0.608. The molecule has 1 saturated carbocycles. The first-order valence-electron chi connectivity index (χ1n) is 11.3. The summed E-state index contributed by atoms with van der Waals surface area (Å²) in [6.07, 6.45) is 2.72. The van der Waals surface area contributed by atoms with E-state index in [1.54, 1.807) is 6.92 Å². The van der Waals surface area contributed by atoms with Crippen molar-refractivity contribution in [1.29, 1.82) is 0 Å². The SMILES string of the molecule is CC[C@H]1[C@@H]2C[C@H]3[C@@H]4N(C)c5ccccc5[C@]45C[C@@H]([C@H]2[C@H]5OC(C)=O)N3[C@H]1OC(C)=O. The highest BCUT2D eigenvalue weighted by molar-refractivity contribution is 5.70. The highest BCUT2D eigenvalue weighted by atomic mass is 16.6. The molecule has 7 rings (SSSR count). The lowest BCUT2D eigenvalue weighted by Crippen LogP contribution is -2.73. The van der Waals surface area contributed by atoms with E-state index in [4.69, 9.17) is 9.47 Å². The van der Waals surface area contributed by atoms with Gasteiger partial charge in [0.2, 0.25) is 0 Å². The van der Waals surface area contributed by atoms with Gasteiger partial charge in [-0.2, -0.15) is 0 Å².